The monoisotopic (exact) mass is 291 g/mol. The number of rotatable bonds is 7. The van der Waals surface area contributed by atoms with E-state index in [4.69, 9.17) is 4.74 Å². The van der Waals surface area contributed by atoms with E-state index in [2.05, 4.69) is 15.8 Å². The van der Waals surface area contributed by atoms with E-state index in [0.29, 0.717) is 13.2 Å². The highest BCUT2D eigenvalue weighted by molar-refractivity contribution is 6.35. The van der Waals surface area contributed by atoms with E-state index in [9.17, 15) is 9.59 Å². The van der Waals surface area contributed by atoms with Crippen molar-refractivity contribution >= 4 is 18.0 Å². The molecule has 0 aromatic heterocycles. The van der Waals surface area contributed by atoms with Crippen LogP contribution in [0.3, 0.4) is 0 Å². The van der Waals surface area contributed by atoms with E-state index in [-0.39, 0.29) is 0 Å². The molecule has 2 amide bonds. The fourth-order valence-corrected chi connectivity index (χ4v) is 1.44. The summed E-state index contributed by atoms with van der Waals surface area (Å²) in [5.74, 6) is -0.722. The number of amides is 2. The van der Waals surface area contributed by atoms with E-state index < -0.39 is 11.8 Å². The quantitative estimate of drug-likeness (QED) is 0.453. The molecule has 0 bridgehead atoms. The summed E-state index contributed by atoms with van der Waals surface area (Å²) in [5, 5.41) is 6.22. The number of ether oxygens (including phenoxy) is 1. The summed E-state index contributed by atoms with van der Waals surface area (Å²) in [4.78, 5) is 22.7. The van der Waals surface area contributed by atoms with E-state index in [0.717, 1.165) is 24.2 Å². The van der Waals surface area contributed by atoms with Gasteiger partial charge in [-0.05, 0) is 30.5 Å². The predicted molar refractivity (Wildman–Crippen MR) is 81.3 cm³/mol. The Labute approximate surface area is 124 Å². The van der Waals surface area contributed by atoms with Crippen molar-refractivity contribution < 1.29 is 14.3 Å². The zero-order valence-corrected chi connectivity index (χ0v) is 12.4. The number of nitrogens with zero attached hydrogens (tertiary/aromatic N) is 1. The smallest absolute Gasteiger partial charge is 0.329 e. The molecule has 0 radical (unpaired) electrons. The van der Waals surface area contributed by atoms with Crippen LogP contribution in [0.5, 0.6) is 5.75 Å². The van der Waals surface area contributed by atoms with Gasteiger partial charge in [-0.3, -0.25) is 9.59 Å². The minimum Gasteiger partial charge on any atom is -0.494 e. The second kappa shape index (κ2) is 9.52. The van der Waals surface area contributed by atoms with Crippen LogP contribution in [-0.4, -0.2) is 31.2 Å². The van der Waals surface area contributed by atoms with Gasteiger partial charge in [0.05, 0.1) is 12.8 Å². The second-order valence-corrected chi connectivity index (χ2v) is 4.38. The minimum absolute atomic E-state index is 0.465. The average Bonchev–Trinajstić information content (AvgIpc) is 2.50. The third-order valence-corrected chi connectivity index (χ3v) is 2.45. The Kier molecular flexibility index (Phi) is 7.56. The van der Waals surface area contributed by atoms with Crippen molar-refractivity contribution in [2.45, 2.75) is 26.7 Å². The van der Waals surface area contributed by atoms with Gasteiger partial charge in [0, 0.05) is 6.54 Å². The van der Waals surface area contributed by atoms with Crippen molar-refractivity contribution in [2.24, 2.45) is 5.10 Å². The highest BCUT2D eigenvalue weighted by atomic mass is 16.5. The molecule has 0 saturated carbocycles. The maximum absolute atomic E-state index is 11.4. The van der Waals surface area contributed by atoms with Gasteiger partial charge in [0.2, 0.25) is 0 Å². The normalized spacial score (nSPS) is 10.4. The topological polar surface area (TPSA) is 79.8 Å². The summed E-state index contributed by atoms with van der Waals surface area (Å²) in [6.07, 6.45) is 3.16. The largest absolute Gasteiger partial charge is 0.494 e. The molecule has 1 aromatic rings. The molecule has 1 rings (SSSR count). The number of carbonyl (C=O) groups excluding carboxylic acids is 2. The summed E-state index contributed by atoms with van der Waals surface area (Å²) >= 11 is 0. The van der Waals surface area contributed by atoms with Crippen LogP contribution >= 0.6 is 0 Å². The van der Waals surface area contributed by atoms with Crippen LogP contribution in [0.2, 0.25) is 0 Å². The Balaban J connectivity index is 2.49. The van der Waals surface area contributed by atoms with Gasteiger partial charge in [-0.1, -0.05) is 26.0 Å². The van der Waals surface area contributed by atoms with E-state index in [1.54, 1.807) is 0 Å². The van der Waals surface area contributed by atoms with E-state index >= 15 is 0 Å². The first-order valence-electron chi connectivity index (χ1n) is 7.01. The van der Waals surface area contributed by atoms with E-state index in [1.807, 2.05) is 38.1 Å². The first kappa shape index (κ1) is 16.7. The summed E-state index contributed by atoms with van der Waals surface area (Å²) < 4.78 is 5.49. The maximum atomic E-state index is 11.4. The van der Waals surface area contributed by atoms with Gasteiger partial charge in [-0.25, -0.2) is 5.43 Å². The van der Waals surface area contributed by atoms with Crippen LogP contribution < -0.4 is 15.5 Å². The predicted octanol–water partition coefficient (Wildman–Crippen LogP) is 1.45. The van der Waals surface area contributed by atoms with Gasteiger partial charge in [0.25, 0.3) is 0 Å². The lowest BCUT2D eigenvalue weighted by Crippen LogP contribution is -2.38. The average molecular weight is 291 g/mol. The molecule has 6 nitrogen and oxygen atoms in total. The number of hydrogen-bond acceptors (Lipinski definition) is 4. The Morgan fingerprint density at radius 2 is 2.05 bits per heavy atom. The van der Waals surface area contributed by atoms with E-state index in [1.165, 1.54) is 6.21 Å². The highest BCUT2D eigenvalue weighted by Crippen LogP contribution is 2.12. The molecule has 2 N–H and O–H groups in total. The van der Waals surface area contributed by atoms with Crippen molar-refractivity contribution in [3.05, 3.63) is 29.8 Å². The van der Waals surface area contributed by atoms with Gasteiger partial charge < -0.3 is 10.1 Å². The Bertz CT molecular complexity index is 501. The molecule has 6 heteroatoms. The number of nitrogens with one attached hydrogen (secondary N) is 2. The third-order valence-electron chi connectivity index (χ3n) is 2.45. The maximum Gasteiger partial charge on any atom is 0.329 e. The van der Waals surface area contributed by atoms with Crippen molar-refractivity contribution in [3.8, 4) is 5.75 Å². The molecule has 0 fully saturated rings. The molecule has 114 valence electrons. The van der Waals surface area contributed by atoms with Gasteiger partial charge in [0.15, 0.2) is 0 Å². The summed E-state index contributed by atoms with van der Waals surface area (Å²) in [5.41, 5.74) is 2.96. The van der Waals surface area contributed by atoms with Gasteiger partial charge in [-0.15, -0.1) is 0 Å². The molecule has 0 aliphatic rings. The fraction of sp³-hybridized carbons (Fsp3) is 0.400. The molecular formula is C15H21N3O3. The first-order valence-corrected chi connectivity index (χ1v) is 7.01. The van der Waals surface area contributed by atoms with Gasteiger partial charge in [0.1, 0.15) is 5.75 Å². The summed E-state index contributed by atoms with van der Waals surface area (Å²) in [6.45, 7) is 5.05. The lowest BCUT2D eigenvalue weighted by Gasteiger charge is -2.04. The van der Waals surface area contributed by atoms with Crippen molar-refractivity contribution in [1.29, 1.82) is 0 Å². The molecule has 0 heterocycles. The molecule has 0 saturated heterocycles. The zero-order valence-electron chi connectivity index (χ0n) is 12.4. The standard InChI is InChI=1S/C15H21N3O3/c1-3-8-16-14(19)15(20)18-17-11-12-6-5-7-13(10-12)21-9-4-2/h5-7,10-11H,3-4,8-9H2,1-2H3,(H,16,19)(H,18,20)/b17-11-. The molecule has 0 spiro atoms. The number of carbonyl (C=O) groups is 2. The minimum atomic E-state index is -0.780. The molecule has 0 aliphatic heterocycles. The van der Waals surface area contributed by atoms with Gasteiger partial charge >= 0.3 is 11.8 Å². The Morgan fingerprint density at radius 3 is 2.76 bits per heavy atom. The summed E-state index contributed by atoms with van der Waals surface area (Å²) in [6, 6.07) is 7.32. The molecule has 21 heavy (non-hydrogen) atoms. The number of hydrazone groups is 1. The van der Waals surface area contributed by atoms with Crippen LogP contribution in [0.1, 0.15) is 32.3 Å². The van der Waals surface area contributed by atoms with Crippen molar-refractivity contribution in [3.63, 3.8) is 0 Å². The number of benzene rings is 1. The van der Waals surface area contributed by atoms with Gasteiger partial charge in [-0.2, -0.15) is 5.10 Å². The fourth-order valence-electron chi connectivity index (χ4n) is 1.44. The first-order chi connectivity index (χ1) is 10.2. The summed E-state index contributed by atoms with van der Waals surface area (Å²) in [7, 11) is 0. The zero-order chi connectivity index (χ0) is 15.5. The Hall–Kier alpha value is -2.37. The lowest BCUT2D eigenvalue weighted by molar-refractivity contribution is -0.139. The molecular weight excluding hydrogens is 270 g/mol. The van der Waals surface area contributed by atoms with Crippen molar-refractivity contribution in [2.75, 3.05) is 13.2 Å². The third kappa shape index (κ3) is 6.56. The lowest BCUT2D eigenvalue weighted by atomic mass is 10.2. The second-order valence-electron chi connectivity index (χ2n) is 4.38. The number of hydrogen-bond donors (Lipinski definition) is 2. The van der Waals surface area contributed by atoms with Crippen LogP contribution in [0.25, 0.3) is 0 Å². The Morgan fingerprint density at radius 1 is 1.24 bits per heavy atom. The van der Waals surface area contributed by atoms with Crippen LogP contribution in [0, 0.1) is 0 Å². The highest BCUT2D eigenvalue weighted by Gasteiger charge is 2.10. The molecule has 0 unspecified atom stereocenters. The SMILES string of the molecule is CCCNC(=O)C(=O)N/N=C\c1cccc(OCCC)c1. The molecule has 0 atom stereocenters. The molecule has 0 aliphatic carbocycles. The van der Waals surface area contributed by atoms with Crippen LogP contribution in [0.15, 0.2) is 29.4 Å². The van der Waals surface area contributed by atoms with Crippen LogP contribution in [-0.2, 0) is 9.59 Å². The van der Waals surface area contributed by atoms with Crippen molar-refractivity contribution in [1.82, 2.24) is 10.7 Å². The van der Waals surface area contributed by atoms with Crippen LogP contribution in [0.4, 0.5) is 0 Å². The molecule has 1 aromatic carbocycles.